The maximum absolute atomic E-state index is 11.9. The minimum absolute atomic E-state index is 0. The zero-order chi connectivity index (χ0) is 14.1. The number of benzene rings is 1. The molecule has 6 heteroatoms. The minimum Gasteiger partial charge on any atom is -0.464 e. The van der Waals surface area contributed by atoms with Gasteiger partial charge < -0.3 is 15.8 Å². The predicted octanol–water partition coefficient (Wildman–Crippen LogP) is 1.57. The van der Waals surface area contributed by atoms with Crippen molar-refractivity contribution >= 4 is 24.3 Å². The van der Waals surface area contributed by atoms with E-state index in [-0.39, 0.29) is 24.9 Å². The van der Waals surface area contributed by atoms with Gasteiger partial charge in [-0.15, -0.1) is 12.4 Å². The second-order valence-electron chi connectivity index (χ2n) is 4.06. The van der Waals surface area contributed by atoms with Gasteiger partial charge in [0, 0.05) is 6.42 Å². The van der Waals surface area contributed by atoms with Crippen molar-refractivity contribution in [2.45, 2.75) is 25.8 Å². The molecule has 20 heavy (non-hydrogen) atoms. The summed E-state index contributed by atoms with van der Waals surface area (Å²) in [6.45, 7) is 2.46. The SMILES string of the molecule is CCOC(=O)[C@H](NC(=O)CCCN)c1ccccc1.Cl. The quantitative estimate of drug-likeness (QED) is 0.749. The summed E-state index contributed by atoms with van der Waals surface area (Å²) in [5.74, 6) is -0.651. The molecule has 1 atom stereocenters. The minimum atomic E-state index is -0.758. The number of nitrogens with one attached hydrogen (secondary N) is 1. The van der Waals surface area contributed by atoms with Gasteiger partial charge >= 0.3 is 5.97 Å². The molecule has 0 heterocycles. The fourth-order valence-corrected chi connectivity index (χ4v) is 1.65. The summed E-state index contributed by atoms with van der Waals surface area (Å²) < 4.78 is 4.99. The lowest BCUT2D eigenvalue weighted by Gasteiger charge is -2.17. The zero-order valence-corrected chi connectivity index (χ0v) is 12.3. The number of ether oxygens (including phenoxy) is 1. The lowest BCUT2D eigenvalue weighted by atomic mass is 10.1. The Bertz CT molecular complexity index is 412. The molecule has 0 saturated heterocycles. The highest BCUT2D eigenvalue weighted by Gasteiger charge is 2.23. The highest BCUT2D eigenvalue weighted by Crippen LogP contribution is 2.14. The van der Waals surface area contributed by atoms with E-state index in [1.807, 2.05) is 18.2 Å². The number of amides is 1. The van der Waals surface area contributed by atoms with Crippen molar-refractivity contribution < 1.29 is 14.3 Å². The highest BCUT2D eigenvalue weighted by molar-refractivity contribution is 5.85. The number of hydrogen-bond acceptors (Lipinski definition) is 4. The second kappa shape index (κ2) is 10.2. The van der Waals surface area contributed by atoms with Crippen molar-refractivity contribution in [1.82, 2.24) is 5.32 Å². The van der Waals surface area contributed by atoms with E-state index >= 15 is 0 Å². The molecule has 0 aliphatic rings. The van der Waals surface area contributed by atoms with Crippen LogP contribution in [-0.2, 0) is 14.3 Å². The topological polar surface area (TPSA) is 81.4 Å². The Hall–Kier alpha value is -1.59. The van der Waals surface area contributed by atoms with Crippen molar-refractivity contribution in [3.05, 3.63) is 35.9 Å². The van der Waals surface area contributed by atoms with E-state index in [0.717, 1.165) is 0 Å². The van der Waals surface area contributed by atoms with Crippen LogP contribution < -0.4 is 11.1 Å². The molecule has 0 bridgehead atoms. The van der Waals surface area contributed by atoms with Crippen LogP contribution in [0.4, 0.5) is 0 Å². The molecule has 112 valence electrons. The van der Waals surface area contributed by atoms with Gasteiger partial charge in [0.1, 0.15) is 0 Å². The van der Waals surface area contributed by atoms with Gasteiger partial charge in [0.05, 0.1) is 6.61 Å². The van der Waals surface area contributed by atoms with Crippen molar-refractivity contribution in [3.63, 3.8) is 0 Å². The van der Waals surface area contributed by atoms with Crippen LogP contribution in [0.3, 0.4) is 0 Å². The predicted molar refractivity (Wildman–Crippen MR) is 79.5 cm³/mol. The first-order chi connectivity index (χ1) is 9.19. The molecule has 0 fully saturated rings. The number of carbonyl (C=O) groups is 2. The molecular weight excluding hydrogens is 280 g/mol. The maximum Gasteiger partial charge on any atom is 0.333 e. The Morgan fingerprint density at radius 3 is 2.50 bits per heavy atom. The van der Waals surface area contributed by atoms with Crippen LogP contribution in [0.1, 0.15) is 31.4 Å². The van der Waals surface area contributed by atoms with Crippen LogP contribution in [0.25, 0.3) is 0 Å². The number of esters is 1. The molecule has 5 nitrogen and oxygen atoms in total. The van der Waals surface area contributed by atoms with E-state index in [0.29, 0.717) is 24.9 Å². The maximum atomic E-state index is 11.9. The molecule has 0 saturated carbocycles. The molecule has 1 amide bonds. The van der Waals surface area contributed by atoms with E-state index in [1.165, 1.54) is 0 Å². The number of nitrogens with two attached hydrogens (primary N) is 1. The Morgan fingerprint density at radius 1 is 1.30 bits per heavy atom. The Kier molecular flexibility index (Phi) is 9.41. The number of carbonyl (C=O) groups excluding carboxylic acids is 2. The lowest BCUT2D eigenvalue weighted by Crippen LogP contribution is -2.35. The monoisotopic (exact) mass is 300 g/mol. The average molecular weight is 301 g/mol. The summed E-state index contributed by atoms with van der Waals surface area (Å²) in [6, 6.07) is 8.28. The van der Waals surface area contributed by atoms with Gasteiger partial charge in [0.25, 0.3) is 0 Å². The molecule has 1 aromatic carbocycles. The lowest BCUT2D eigenvalue weighted by molar-refractivity contribution is -0.147. The zero-order valence-electron chi connectivity index (χ0n) is 11.5. The first-order valence-electron chi connectivity index (χ1n) is 6.40. The van der Waals surface area contributed by atoms with Crippen LogP contribution in [0, 0.1) is 0 Å². The van der Waals surface area contributed by atoms with Crippen molar-refractivity contribution in [2.24, 2.45) is 5.73 Å². The van der Waals surface area contributed by atoms with Crippen LogP contribution >= 0.6 is 12.4 Å². The van der Waals surface area contributed by atoms with Crippen LogP contribution in [-0.4, -0.2) is 25.0 Å². The molecule has 1 rings (SSSR count). The third kappa shape index (κ3) is 6.04. The summed E-state index contributed by atoms with van der Waals surface area (Å²) in [7, 11) is 0. The molecule has 3 N–H and O–H groups in total. The van der Waals surface area contributed by atoms with Crippen LogP contribution in [0.15, 0.2) is 30.3 Å². The van der Waals surface area contributed by atoms with Gasteiger partial charge in [-0.2, -0.15) is 0 Å². The number of rotatable bonds is 7. The third-order valence-corrected chi connectivity index (χ3v) is 2.57. The summed E-state index contributed by atoms with van der Waals surface area (Å²) in [5.41, 5.74) is 6.06. The Labute approximate surface area is 125 Å². The smallest absolute Gasteiger partial charge is 0.333 e. The number of hydrogen-bond donors (Lipinski definition) is 2. The van der Waals surface area contributed by atoms with E-state index in [4.69, 9.17) is 10.5 Å². The van der Waals surface area contributed by atoms with E-state index < -0.39 is 12.0 Å². The summed E-state index contributed by atoms with van der Waals surface area (Å²) in [6.07, 6.45) is 0.898. The average Bonchev–Trinajstić information content (AvgIpc) is 2.43. The summed E-state index contributed by atoms with van der Waals surface area (Å²) in [4.78, 5) is 23.6. The first-order valence-corrected chi connectivity index (χ1v) is 6.40. The Morgan fingerprint density at radius 2 is 1.95 bits per heavy atom. The largest absolute Gasteiger partial charge is 0.464 e. The van der Waals surface area contributed by atoms with Crippen molar-refractivity contribution in [3.8, 4) is 0 Å². The van der Waals surface area contributed by atoms with E-state index in [2.05, 4.69) is 5.32 Å². The fourth-order valence-electron chi connectivity index (χ4n) is 1.65. The normalized spacial score (nSPS) is 11.1. The summed E-state index contributed by atoms with van der Waals surface area (Å²) >= 11 is 0. The molecule has 0 aliphatic heterocycles. The molecule has 0 aliphatic carbocycles. The van der Waals surface area contributed by atoms with Crippen molar-refractivity contribution in [2.75, 3.05) is 13.2 Å². The van der Waals surface area contributed by atoms with Crippen molar-refractivity contribution in [1.29, 1.82) is 0 Å². The summed E-state index contributed by atoms with van der Waals surface area (Å²) in [5, 5.41) is 2.68. The molecule has 0 aromatic heterocycles. The Balaban J connectivity index is 0.00000361. The molecular formula is C14H21ClN2O3. The molecule has 0 spiro atoms. The van der Waals surface area contributed by atoms with Gasteiger partial charge in [0.15, 0.2) is 6.04 Å². The van der Waals surface area contributed by atoms with Crippen LogP contribution in [0.5, 0.6) is 0 Å². The highest BCUT2D eigenvalue weighted by atomic mass is 35.5. The van der Waals surface area contributed by atoms with Crippen LogP contribution in [0.2, 0.25) is 0 Å². The van der Waals surface area contributed by atoms with Gasteiger partial charge in [0.2, 0.25) is 5.91 Å². The fraction of sp³-hybridized carbons (Fsp3) is 0.429. The second-order valence-corrected chi connectivity index (χ2v) is 4.06. The van der Waals surface area contributed by atoms with Gasteiger partial charge in [-0.3, -0.25) is 4.79 Å². The third-order valence-electron chi connectivity index (χ3n) is 2.57. The van der Waals surface area contributed by atoms with Gasteiger partial charge in [-0.05, 0) is 25.5 Å². The standard InChI is InChI=1S/C14H20N2O3.ClH/c1-2-19-14(18)13(11-7-4-3-5-8-11)16-12(17)9-6-10-15;/h3-5,7-8,13H,2,6,9-10,15H2,1H3,(H,16,17);1H/t13-;/m1./s1. The van der Waals surface area contributed by atoms with Gasteiger partial charge in [-0.1, -0.05) is 30.3 Å². The van der Waals surface area contributed by atoms with E-state index in [9.17, 15) is 9.59 Å². The first kappa shape index (κ1) is 18.4. The number of halogens is 1. The van der Waals surface area contributed by atoms with E-state index in [1.54, 1.807) is 19.1 Å². The van der Waals surface area contributed by atoms with Gasteiger partial charge in [-0.25, -0.2) is 4.79 Å². The molecule has 0 unspecified atom stereocenters. The molecule has 1 aromatic rings. The molecule has 0 radical (unpaired) electrons.